The fourth-order valence-corrected chi connectivity index (χ4v) is 2.08. The predicted octanol–water partition coefficient (Wildman–Crippen LogP) is 3.05. The number of nitrogens with one attached hydrogen (secondary N) is 1. The third-order valence-electron chi connectivity index (χ3n) is 3.09. The Balaban J connectivity index is 0.000000677. The third kappa shape index (κ3) is 4.46. The van der Waals surface area contributed by atoms with Gasteiger partial charge >= 0.3 is 0 Å². The van der Waals surface area contributed by atoms with Gasteiger partial charge in [0.1, 0.15) is 11.6 Å². The minimum atomic E-state index is 0.521. The van der Waals surface area contributed by atoms with Crippen LogP contribution in [0.25, 0.3) is 11.3 Å². The van der Waals surface area contributed by atoms with Gasteiger partial charge in [0.2, 0.25) is 0 Å². The number of methoxy groups -OCH3 is 1. The molecule has 2 aromatic rings. The fourth-order valence-electron chi connectivity index (χ4n) is 2.08. The van der Waals surface area contributed by atoms with Gasteiger partial charge in [-0.2, -0.15) is 0 Å². The van der Waals surface area contributed by atoms with Crippen LogP contribution >= 0.6 is 0 Å². The summed E-state index contributed by atoms with van der Waals surface area (Å²) in [5.74, 6) is 1.36. The Morgan fingerprint density at radius 1 is 1.24 bits per heavy atom. The third-order valence-corrected chi connectivity index (χ3v) is 3.09. The number of rotatable bonds is 3. The van der Waals surface area contributed by atoms with Gasteiger partial charge in [0, 0.05) is 5.56 Å². The topological polar surface area (TPSA) is 60.2 Å². The normalized spacial score (nSPS) is 9.76. The summed E-state index contributed by atoms with van der Waals surface area (Å²) in [5, 5.41) is 2.75. The molecule has 4 nitrogen and oxygen atoms in total. The zero-order valence-corrected chi connectivity index (χ0v) is 13.5. The largest absolute Gasteiger partial charge is 0.496 e. The molecule has 1 heterocycles. The highest BCUT2D eigenvalue weighted by Crippen LogP contribution is 2.32. The van der Waals surface area contributed by atoms with Crippen molar-refractivity contribution < 1.29 is 4.74 Å². The van der Waals surface area contributed by atoms with Crippen LogP contribution in [0.5, 0.6) is 5.75 Å². The fraction of sp³-hybridized carbons (Fsp3) is 0.353. The Morgan fingerprint density at radius 2 is 1.90 bits per heavy atom. The van der Waals surface area contributed by atoms with Crippen LogP contribution < -0.4 is 15.8 Å². The van der Waals surface area contributed by atoms with Crippen molar-refractivity contribution in [2.24, 2.45) is 0 Å². The Kier molecular flexibility index (Phi) is 6.69. The molecule has 0 aliphatic carbocycles. The molecular weight excluding hydrogens is 262 g/mol. The lowest BCUT2D eigenvalue weighted by molar-refractivity contribution is 0.416. The standard InChI is InChI=1S/C15H18N2O.C2H7N/c1-4-11-9-12(14(18-3)8-10(11)2)13-6-5-7-15(16)17-13;1-3-2/h5-9H,4H2,1-3H3,(H2,16,17);3H,1-2H3. The van der Waals surface area contributed by atoms with E-state index in [-0.39, 0.29) is 0 Å². The number of anilines is 1. The highest BCUT2D eigenvalue weighted by atomic mass is 16.5. The average molecular weight is 287 g/mol. The number of pyridine rings is 1. The maximum Gasteiger partial charge on any atom is 0.128 e. The average Bonchev–Trinajstić information content (AvgIpc) is 2.47. The molecule has 0 aliphatic heterocycles. The van der Waals surface area contributed by atoms with Crippen molar-refractivity contribution in [1.29, 1.82) is 0 Å². The predicted molar refractivity (Wildman–Crippen MR) is 89.7 cm³/mol. The molecule has 3 N–H and O–H groups in total. The highest BCUT2D eigenvalue weighted by molar-refractivity contribution is 5.70. The minimum Gasteiger partial charge on any atom is -0.496 e. The molecule has 0 atom stereocenters. The van der Waals surface area contributed by atoms with E-state index in [0.29, 0.717) is 5.82 Å². The van der Waals surface area contributed by atoms with Gasteiger partial charge in [0.15, 0.2) is 0 Å². The Morgan fingerprint density at radius 3 is 2.43 bits per heavy atom. The molecule has 21 heavy (non-hydrogen) atoms. The minimum absolute atomic E-state index is 0.521. The molecule has 2 rings (SSSR count). The molecule has 0 unspecified atom stereocenters. The van der Waals surface area contributed by atoms with Crippen LogP contribution in [0.15, 0.2) is 30.3 Å². The van der Waals surface area contributed by atoms with E-state index in [9.17, 15) is 0 Å². The van der Waals surface area contributed by atoms with E-state index in [1.165, 1.54) is 11.1 Å². The first-order valence-corrected chi connectivity index (χ1v) is 7.06. The van der Waals surface area contributed by atoms with Crippen LogP contribution in [-0.4, -0.2) is 26.2 Å². The molecule has 4 heteroatoms. The maximum atomic E-state index is 5.74. The number of nitrogens with two attached hydrogens (primary N) is 1. The van der Waals surface area contributed by atoms with E-state index in [1.54, 1.807) is 13.2 Å². The first kappa shape index (κ1) is 17.0. The molecule has 0 saturated heterocycles. The van der Waals surface area contributed by atoms with Crippen molar-refractivity contribution in [3.63, 3.8) is 0 Å². The lowest BCUT2D eigenvalue weighted by Crippen LogP contribution is -1.97. The summed E-state index contributed by atoms with van der Waals surface area (Å²) < 4.78 is 5.44. The zero-order chi connectivity index (χ0) is 15.8. The van der Waals surface area contributed by atoms with Gasteiger partial charge in [0.05, 0.1) is 12.8 Å². The van der Waals surface area contributed by atoms with Gasteiger partial charge in [-0.05, 0) is 62.8 Å². The lowest BCUT2D eigenvalue weighted by atomic mass is 10.00. The van der Waals surface area contributed by atoms with E-state index in [2.05, 4.69) is 36.3 Å². The molecule has 0 aliphatic rings. The second kappa shape index (κ2) is 8.27. The van der Waals surface area contributed by atoms with Crippen molar-refractivity contribution >= 4 is 5.82 Å². The van der Waals surface area contributed by atoms with E-state index in [0.717, 1.165) is 23.4 Å². The van der Waals surface area contributed by atoms with Gasteiger partial charge in [-0.15, -0.1) is 0 Å². The van der Waals surface area contributed by atoms with Crippen LogP contribution in [0.4, 0.5) is 5.82 Å². The molecular formula is C17H25N3O. The van der Waals surface area contributed by atoms with Gasteiger partial charge < -0.3 is 15.8 Å². The molecule has 0 radical (unpaired) electrons. The van der Waals surface area contributed by atoms with Crippen LogP contribution in [0.1, 0.15) is 18.1 Å². The van der Waals surface area contributed by atoms with E-state index < -0.39 is 0 Å². The van der Waals surface area contributed by atoms with Crippen molar-refractivity contribution in [3.05, 3.63) is 41.5 Å². The number of ether oxygens (including phenoxy) is 1. The van der Waals surface area contributed by atoms with Crippen molar-refractivity contribution in [1.82, 2.24) is 10.3 Å². The first-order chi connectivity index (χ1) is 10.1. The quantitative estimate of drug-likeness (QED) is 0.911. The van der Waals surface area contributed by atoms with Crippen molar-refractivity contribution in [2.75, 3.05) is 26.9 Å². The van der Waals surface area contributed by atoms with Crippen LogP contribution in [0.2, 0.25) is 0 Å². The van der Waals surface area contributed by atoms with Gasteiger partial charge in [-0.25, -0.2) is 4.98 Å². The van der Waals surface area contributed by atoms with Crippen molar-refractivity contribution in [2.45, 2.75) is 20.3 Å². The van der Waals surface area contributed by atoms with E-state index in [1.807, 2.05) is 26.2 Å². The number of aryl methyl sites for hydroxylation is 2. The zero-order valence-electron chi connectivity index (χ0n) is 13.5. The molecule has 0 amide bonds. The van der Waals surface area contributed by atoms with Gasteiger partial charge in [0.25, 0.3) is 0 Å². The number of benzene rings is 1. The summed E-state index contributed by atoms with van der Waals surface area (Å²) in [6.45, 7) is 4.24. The molecule has 0 spiro atoms. The summed E-state index contributed by atoms with van der Waals surface area (Å²) >= 11 is 0. The summed E-state index contributed by atoms with van der Waals surface area (Å²) in [4.78, 5) is 4.35. The highest BCUT2D eigenvalue weighted by Gasteiger charge is 2.10. The molecule has 0 bridgehead atoms. The van der Waals surface area contributed by atoms with Crippen LogP contribution in [0, 0.1) is 6.92 Å². The molecule has 0 fully saturated rings. The van der Waals surface area contributed by atoms with E-state index >= 15 is 0 Å². The molecule has 0 saturated carbocycles. The van der Waals surface area contributed by atoms with Gasteiger partial charge in [-0.3, -0.25) is 0 Å². The van der Waals surface area contributed by atoms with Crippen molar-refractivity contribution in [3.8, 4) is 17.0 Å². The number of nitrogens with zero attached hydrogens (tertiary/aromatic N) is 1. The Bertz CT molecular complexity index is 582. The summed E-state index contributed by atoms with van der Waals surface area (Å²) in [6.07, 6.45) is 0.991. The Hall–Kier alpha value is -2.07. The number of aromatic nitrogens is 1. The second-order valence-corrected chi connectivity index (χ2v) is 4.78. The molecule has 1 aromatic carbocycles. The van der Waals surface area contributed by atoms with Crippen LogP contribution in [-0.2, 0) is 6.42 Å². The monoisotopic (exact) mass is 287 g/mol. The Labute approximate surface area is 127 Å². The first-order valence-electron chi connectivity index (χ1n) is 7.06. The maximum absolute atomic E-state index is 5.74. The smallest absolute Gasteiger partial charge is 0.128 e. The summed E-state index contributed by atoms with van der Waals surface area (Å²) in [7, 11) is 5.43. The number of hydrogen-bond acceptors (Lipinski definition) is 4. The SMILES string of the molecule is CCc1cc(-c2cccc(N)n2)c(OC)cc1C.CNC. The van der Waals surface area contributed by atoms with Gasteiger partial charge in [-0.1, -0.05) is 13.0 Å². The lowest BCUT2D eigenvalue weighted by Gasteiger charge is -2.12. The number of hydrogen-bond donors (Lipinski definition) is 2. The number of nitrogen functional groups attached to an aromatic ring is 1. The summed E-state index contributed by atoms with van der Waals surface area (Å²) in [6, 6.07) is 9.82. The van der Waals surface area contributed by atoms with E-state index in [4.69, 9.17) is 10.5 Å². The molecule has 114 valence electrons. The second-order valence-electron chi connectivity index (χ2n) is 4.78. The molecule has 1 aromatic heterocycles. The summed E-state index contributed by atoms with van der Waals surface area (Å²) in [5.41, 5.74) is 10.1. The van der Waals surface area contributed by atoms with Crippen LogP contribution in [0.3, 0.4) is 0 Å².